The summed E-state index contributed by atoms with van der Waals surface area (Å²) in [6, 6.07) is 3.64. The minimum atomic E-state index is -4.50. The highest BCUT2D eigenvalue weighted by molar-refractivity contribution is 6.00. The predicted octanol–water partition coefficient (Wildman–Crippen LogP) is 3.91. The molecule has 1 amide bonds. The Morgan fingerprint density at radius 1 is 1.29 bits per heavy atom. The fraction of sp³-hybridized carbons (Fsp3) is 0.533. The zero-order chi connectivity index (χ0) is 16.0. The highest BCUT2D eigenvalue weighted by Crippen LogP contribution is 2.36. The molecule has 2 N–H and O–H groups in total. The second-order valence-electron chi connectivity index (χ2n) is 5.26. The van der Waals surface area contributed by atoms with Crippen LogP contribution in [0.15, 0.2) is 18.2 Å². The van der Waals surface area contributed by atoms with Crippen LogP contribution in [0.1, 0.15) is 43.1 Å². The topological polar surface area (TPSA) is 41.1 Å². The summed E-state index contributed by atoms with van der Waals surface area (Å²) in [4.78, 5) is 12.1. The third-order valence-electron chi connectivity index (χ3n) is 2.84. The minimum Gasteiger partial charge on any atom is -0.384 e. The molecule has 1 aromatic carbocycles. The molecule has 0 saturated carbocycles. The van der Waals surface area contributed by atoms with Crippen molar-refractivity contribution in [3.8, 4) is 0 Å². The van der Waals surface area contributed by atoms with Crippen LogP contribution in [0.25, 0.3) is 0 Å². The second kappa shape index (κ2) is 7.33. The van der Waals surface area contributed by atoms with Crippen LogP contribution in [0.2, 0.25) is 0 Å². The van der Waals surface area contributed by atoms with Gasteiger partial charge in [-0.25, -0.2) is 0 Å². The first-order chi connectivity index (χ1) is 9.77. The maximum absolute atomic E-state index is 13.1. The first-order valence-electron chi connectivity index (χ1n) is 6.99. The smallest absolute Gasteiger partial charge is 0.384 e. The monoisotopic (exact) mass is 302 g/mol. The molecule has 0 radical (unpaired) electrons. The molecule has 0 saturated heterocycles. The van der Waals surface area contributed by atoms with Gasteiger partial charge in [-0.2, -0.15) is 13.2 Å². The third-order valence-corrected chi connectivity index (χ3v) is 2.84. The van der Waals surface area contributed by atoms with Crippen molar-refractivity contribution in [2.24, 2.45) is 5.92 Å². The van der Waals surface area contributed by atoms with Crippen molar-refractivity contribution < 1.29 is 18.0 Å². The highest BCUT2D eigenvalue weighted by Gasteiger charge is 2.35. The Morgan fingerprint density at radius 2 is 1.95 bits per heavy atom. The van der Waals surface area contributed by atoms with Crippen LogP contribution >= 0.6 is 0 Å². The van der Waals surface area contributed by atoms with Gasteiger partial charge in [0.25, 0.3) is 5.91 Å². The Hall–Kier alpha value is -1.72. The van der Waals surface area contributed by atoms with Crippen LogP contribution in [0.3, 0.4) is 0 Å². The first-order valence-corrected chi connectivity index (χ1v) is 6.99. The van der Waals surface area contributed by atoms with Gasteiger partial charge in [-0.15, -0.1) is 0 Å². The number of amides is 1. The van der Waals surface area contributed by atoms with E-state index < -0.39 is 17.6 Å². The van der Waals surface area contributed by atoms with E-state index in [0.29, 0.717) is 19.5 Å². The quantitative estimate of drug-likeness (QED) is 0.836. The summed E-state index contributed by atoms with van der Waals surface area (Å²) in [7, 11) is 0. The molecule has 0 fully saturated rings. The molecule has 0 atom stereocenters. The summed E-state index contributed by atoms with van der Waals surface area (Å²) in [6.45, 7) is 6.48. The Balaban J connectivity index is 3.15. The Labute approximate surface area is 122 Å². The summed E-state index contributed by atoms with van der Waals surface area (Å²) in [5.41, 5.74) is -0.930. The normalized spacial score (nSPS) is 11.6. The minimum absolute atomic E-state index is 0.0268. The number of rotatable bonds is 6. The van der Waals surface area contributed by atoms with Gasteiger partial charge < -0.3 is 10.6 Å². The SMILES string of the molecule is CCCNc1c(C(=O)NCC(C)C)cccc1C(F)(F)F. The number of benzene rings is 1. The van der Waals surface area contributed by atoms with Gasteiger partial charge in [-0.1, -0.05) is 26.8 Å². The van der Waals surface area contributed by atoms with Crippen LogP contribution in [0.4, 0.5) is 18.9 Å². The number of hydrogen-bond donors (Lipinski definition) is 2. The summed E-state index contributed by atoms with van der Waals surface area (Å²) in [5.74, 6) is -0.264. The van der Waals surface area contributed by atoms with E-state index in [1.54, 1.807) is 0 Å². The van der Waals surface area contributed by atoms with Crippen LogP contribution < -0.4 is 10.6 Å². The van der Waals surface area contributed by atoms with E-state index >= 15 is 0 Å². The van der Waals surface area contributed by atoms with Crippen molar-refractivity contribution in [3.05, 3.63) is 29.3 Å². The molecule has 1 aromatic rings. The van der Waals surface area contributed by atoms with Crippen molar-refractivity contribution in [1.29, 1.82) is 0 Å². The molecule has 118 valence electrons. The number of nitrogens with one attached hydrogen (secondary N) is 2. The number of anilines is 1. The molecular formula is C15H21F3N2O. The fourth-order valence-electron chi connectivity index (χ4n) is 1.81. The van der Waals surface area contributed by atoms with Crippen molar-refractivity contribution in [2.75, 3.05) is 18.4 Å². The van der Waals surface area contributed by atoms with E-state index in [9.17, 15) is 18.0 Å². The van der Waals surface area contributed by atoms with Gasteiger partial charge in [0.15, 0.2) is 0 Å². The lowest BCUT2D eigenvalue weighted by atomic mass is 10.0. The number of hydrogen-bond acceptors (Lipinski definition) is 2. The number of carbonyl (C=O) groups is 1. The maximum Gasteiger partial charge on any atom is 0.418 e. The molecule has 0 aliphatic rings. The molecule has 0 unspecified atom stereocenters. The van der Waals surface area contributed by atoms with Gasteiger partial charge in [-0.3, -0.25) is 4.79 Å². The van der Waals surface area contributed by atoms with E-state index in [1.807, 2.05) is 20.8 Å². The predicted molar refractivity (Wildman–Crippen MR) is 77.4 cm³/mol. The molecule has 0 heterocycles. The van der Waals surface area contributed by atoms with Crippen molar-refractivity contribution in [3.63, 3.8) is 0 Å². The van der Waals surface area contributed by atoms with Crippen LogP contribution in [0, 0.1) is 5.92 Å². The molecule has 0 spiro atoms. The third kappa shape index (κ3) is 4.95. The Bertz CT molecular complexity index is 484. The largest absolute Gasteiger partial charge is 0.418 e. The summed E-state index contributed by atoms with van der Waals surface area (Å²) in [6.07, 6.45) is -3.83. The fourth-order valence-corrected chi connectivity index (χ4v) is 1.81. The number of carbonyl (C=O) groups excluding carboxylic acids is 1. The van der Waals surface area contributed by atoms with Crippen molar-refractivity contribution >= 4 is 11.6 Å². The van der Waals surface area contributed by atoms with Gasteiger partial charge in [0.2, 0.25) is 0 Å². The van der Waals surface area contributed by atoms with Crippen LogP contribution in [-0.2, 0) is 6.18 Å². The Kier molecular flexibility index (Phi) is 6.05. The number of para-hydroxylation sites is 1. The zero-order valence-electron chi connectivity index (χ0n) is 12.5. The van der Waals surface area contributed by atoms with Gasteiger partial charge in [0, 0.05) is 13.1 Å². The standard InChI is InChI=1S/C15H21F3N2O/c1-4-8-19-13-11(14(21)20-9-10(2)3)6-5-7-12(13)15(16,17)18/h5-7,10,19H,4,8-9H2,1-3H3,(H,20,21). The lowest BCUT2D eigenvalue weighted by molar-refractivity contribution is -0.137. The molecule has 0 bridgehead atoms. The van der Waals surface area contributed by atoms with E-state index in [-0.39, 0.29) is 17.2 Å². The number of halogens is 3. The van der Waals surface area contributed by atoms with Gasteiger partial charge in [0.05, 0.1) is 16.8 Å². The summed E-state index contributed by atoms with van der Waals surface area (Å²) >= 11 is 0. The second-order valence-corrected chi connectivity index (χ2v) is 5.26. The van der Waals surface area contributed by atoms with Crippen LogP contribution in [-0.4, -0.2) is 19.0 Å². The van der Waals surface area contributed by atoms with E-state index in [4.69, 9.17) is 0 Å². The zero-order valence-corrected chi connectivity index (χ0v) is 12.5. The Morgan fingerprint density at radius 3 is 2.48 bits per heavy atom. The molecule has 3 nitrogen and oxygen atoms in total. The molecule has 21 heavy (non-hydrogen) atoms. The average Bonchev–Trinajstić information content (AvgIpc) is 2.41. The lowest BCUT2D eigenvalue weighted by Gasteiger charge is -2.18. The van der Waals surface area contributed by atoms with Crippen LogP contribution in [0.5, 0.6) is 0 Å². The number of alkyl halides is 3. The van der Waals surface area contributed by atoms with E-state index in [0.717, 1.165) is 6.07 Å². The summed E-state index contributed by atoms with van der Waals surface area (Å²) in [5, 5.41) is 5.37. The van der Waals surface area contributed by atoms with Gasteiger partial charge in [0.1, 0.15) is 0 Å². The van der Waals surface area contributed by atoms with Crippen molar-refractivity contribution in [1.82, 2.24) is 5.32 Å². The molecule has 0 aliphatic heterocycles. The molecule has 0 aliphatic carbocycles. The van der Waals surface area contributed by atoms with Gasteiger partial charge in [-0.05, 0) is 24.5 Å². The molecular weight excluding hydrogens is 281 g/mol. The highest BCUT2D eigenvalue weighted by atomic mass is 19.4. The molecule has 0 aromatic heterocycles. The summed E-state index contributed by atoms with van der Waals surface area (Å²) < 4.78 is 39.2. The van der Waals surface area contributed by atoms with Gasteiger partial charge >= 0.3 is 6.18 Å². The lowest BCUT2D eigenvalue weighted by Crippen LogP contribution is -2.29. The van der Waals surface area contributed by atoms with Crippen molar-refractivity contribution in [2.45, 2.75) is 33.4 Å². The van der Waals surface area contributed by atoms with E-state index in [2.05, 4.69) is 10.6 Å². The maximum atomic E-state index is 13.1. The first kappa shape index (κ1) is 17.3. The molecule has 1 rings (SSSR count). The molecule has 6 heteroatoms. The average molecular weight is 302 g/mol. The van der Waals surface area contributed by atoms with E-state index in [1.165, 1.54) is 12.1 Å².